The van der Waals surface area contributed by atoms with Gasteiger partial charge in [-0.3, -0.25) is 4.21 Å². The van der Waals surface area contributed by atoms with Gasteiger partial charge in [0.15, 0.2) is 0 Å². The third-order valence-corrected chi connectivity index (χ3v) is 0. The van der Waals surface area contributed by atoms with E-state index in [1.165, 1.54) is 0 Å². The van der Waals surface area contributed by atoms with Gasteiger partial charge in [-0.15, -0.1) is 11.4 Å². The fraction of sp³-hybridized carbons (Fsp3) is 1.00. The molecule has 0 bridgehead atoms. The molecule has 0 aliphatic rings. The van der Waals surface area contributed by atoms with E-state index in [4.69, 9.17) is 18.4 Å². The molecule has 104 valence electrons. The minimum Gasteiger partial charge on any atom is -0.784 e. The van der Waals surface area contributed by atoms with Gasteiger partial charge < -0.3 is 23.2 Å². The molecule has 0 heterocycles. The van der Waals surface area contributed by atoms with E-state index in [1.807, 2.05) is 0 Å². The van der Waals surface area contributed by atoms with E-state index in [1.54, 1.807) is 0 Å². The van der Waals surface area contributed by atoms with Gasteiger partial charge in [0, 0.05) is 7.11 Å². The van der Waals surface area contributed by atoms with Crippen molar-refractivity contribution in [3.63, 3.8) is 0 Å². The van der Waals surface area contributed by atoms with Crippen molar-refractivity contribution in [3.05, 3.63) is 0 Å². The van der Waals surface area contributed by atoms with E-state index >= 15 is 0 Å². The van der Waals surface area contributed by atoms with Gasteiger partial charge in [-0.1, -0.05) is 0 Å². The minimum atomic E-state index is -3.11. The van der Waals surface area contributed by atoms with E-state index in [2.05, 4.69) is 56.4 Å². The first-order chi connectivity index (χ1) is 6.73. The number of nitrogens with zero attached hydrogens (tertiary/aromatic N) is 2. The van der Waals surface area contributed by atoms with Gasteiger partial charge in [0.1, 0.15) is 0 Å². The summed E-state index contributed by atoms with van der Waals surface area (Å²) >= 11 is -3.11. The second-order valence-corrected chi connectivity index (χ2v) is 5.98. The molecule has 0 aromatic rings. The van der Waals surface area contributed by atoms with E-state index < -0.39 is 11.4 Å². The molecule has 0 spiro atoms. The summed E-state index contributed by atoms with van der Waals surface area (Å²) in [5.74, 6) is 0. The maximum absolute atomic E-state index is 8.44. The lowest BCUT2D eigenvalue weighted by molar-refractivity contribution is -0.849. The molecule has 0 aliphatic carbocycles. The van der Waals surface area contributed by atoms with Crippen molar-refractivity contribution in [1.82, 2.24) is 0 Å². The lowest BCUT2D eigenvalue weighted by Crippen LogP contribution is -2.27. The third kappa shape index (κ3) is 936000. The van der Waals surface area contributed by atoms with Crippen LogP contribution < -0.4 is 0 Å². The van der Waals surface area contributed by atoms with Crippen molar-refractivity contribution in [2.45, 2.75) is 0 Å². The number of hydrogen-bond acceptors (Lipinski definition) is 4. The lowest BCUT2D eigenvalue weighted by Gasteiger charge is -2.14. The van der Waals surface area contributed by atoms with Crippen LogP contribution in [0.3, 0.4) is 0 Å². The maximum atomic E-state index is 8.44. The summed E-state index contributed by atoms with van der Waals surface area (Å²) in [5, 5.41) is 7.00. The Kier molecular flexibility index (Phi) is 20.3. The lowest BCUT2D eigenvalue weighted by atomic mass is 10.8. The first-order valence-electron chi connectivity index (χ1n) is 4.52. The van der Waals surface area contributed by atoms with Crippen LogP contribution in [0.4, 0.5) is 0 Å². The zero-order valence-electron chi connectivity index (χ0n) is 12.0. The standard InChI is InChI=1S/2C4H12N.CH4O.H2O3S/c2*1-5(2,3)4;1-2;1-4(2)3/h2*1-4H3;2H,1H3;(H2,1,2,3)/q2*+1;;/p-2. The molecule has 0 aromatic carbocycles. The SMILES string of the molecule is CO.C[N+](C)(C)C.C[N+](C)(C)C.O=S([O-])[O-]. The highest BCUT2D eigenvalue weighted by atomic mass is 32.2. The summed E-state index contributed by atoms with van der Waals surface area (Å²) in [7, 11) is 18.0. The van der Waals surface area contributed by atoms with Gasteiger partial charge >= 0.3 is 0 Å². The zero-order chi connectivity index (χ0) is 14.6. The highest BCUT2D eigenvalue weighted by Gasteiger charge is 1.88. The Morgan fingerprint density at radius 2 is 0.750 bits per heavy atom. The van der Waals surface area contributed by atoms with Gasteiger partial charge in [0.05, 0.1) is 56.4 Å². The molecule has 1 N–H and O–H groups in total. The minimum absolute atomic E-state index is 1.00. The van der Waals surface area contributed by atoms with Crippen molar-refractivity contribution < 1.29 is 27.4 Å². The second-order valence-electron chi connectivity index (χ2n) is 5.57. The van der Waals surface area contributed by atoms with Gasteiger partial charge in [-0.2, -0.15) is 0 Å². The quantitative estimate of drug-likeness (QED) is 0.459. The van der Waals surface area contributed by atoms with Crippen LogP contribution in [0, 0.1) is 0 Å². The summed E-state index contributed by atoms with van der Waals surface area (Å²) in [5.41, 5.74) is 0. The number of hydrogen-bond donors (Lipinski definition) is 1. The highest BCUT2D eigenvalue weighted by Crippen LogP contribution is 1.74. The first kappa shape index (κ1) is 25.0. The van der Waals surface area contributed by atoms with Crippen LogP contribution in [0.2, 0.25) is 0 Å². The summed E-state index contributed by atoms with van der Waals surface area (Å²) < 4.78 is 27.3. The Hall–Kier alpha value is -0.0500. The Morgan fingerprint density at radius 3 is 0.750 bits per heavy atom. The molecule has 16 heavy (non-hydrogen) atoms. The van der Waals surface area contributed by atoms with Gasteiger partial charge in [-0.05, 0) is 0 Å². The summed E-state index contributed by atoms with van der Waals surface area (Å²) in [6.45, 7) is 0. The van der Waals surface area contributed by atoms with Crippen LogP contribution in [-0.2, 0) is 11.4 Å². The Bertz CT molecular complexity index is 125. The van der Waals surface area contributed by atoms with E-state index in [9.17, 15) is 0 Å². The van der Waals surface area contributed by atoms with Crippen LogP contribution >= 0.6 is 0 Å². The van der Waals surface area contributed by atoms with E-state index in [0.29, 0.717) is 0 Å². The molecule has 0 unspecified atom stereocenters. The smallest absolute Gasteiger partial charge is 0.0675 e. The average Bonchev–Trinajstić information content (AvgIpc) is 1.80. The Labute approximate surface area is 103 Å². The fourth-order valence-corrected chi connectivity index (χ4v) is 0. The van der Waals surface area contributed by atoms with Crippen LogP contribution in [0.5, 0.6) is 0 Å². The number of aliphatic hydroxyl groups excluding tert-OH is 1. The van der Waals surface area contributed by atoms with Crippen LogP contribution in [0.15, 0.2) is 0 Å². The Morgan fingerprint density at radius 1 is 0.750 bits per heavy atom. The number of quaternary nitrogens is 2. The average molecular weight is 260 g/mol. The van der Waals surface area contributed by atoms with Crippen LogP contribution in [0.1, 0.15) is 0 Å². The van der Waals surface area contributed by atoms with E-state index in [0.717, 1.165) is 16.1 Å². The molecule has 0 rings (SSSR count). The third-order valence-electron chi connectivity index (χ3n) is 0. The molecule has 0 aromatic heterocycles. The Balaban J connectivity index is -0.0000000629. The molecule has 0 atom stereocenters. The molecule has 0 amide bonds. The largest absolute Gasteiger partial charge is 0.784 e. The molecular weight excluding hydrogens is 232 g/mol. The topological polar surface area (TPSA) is 83.4 Å². The monoisotopic (exact) mass is 260 g/mol. The van der Waals surface area contributed by atoms with Crippen molar-refractivity contribution in [3.8, 4) is 0 Å². The molecule has 6 nitrogen and oxygen atoms in total. The highest BCUT2D eigenvalue weighted by molar-refractivity contribution is 7.72. The summed E-state index contributed by atoms with van der Waals surface area (Å²) in [6.07, 6.45) is 0. The predicted molar refractivity (Wildman–Crippen MR) is 65.8 cm³/mol. The fourth-order valence-electron chi connectivity index (χ4n) is 0. The van der Waals surface area contributed by atoms with E-state index in [-0.39, 0.29) is 0 Å². The van der Waals surface area contributed by atoms with Crippen molar-refractivity contribution in [2.75, 3.05) is 63.5 Å². The van der Waals surface area contributed by atoms with Crippen molar-refractivity contribution in [1.29, 1.82) is 0 Å². The molecule has 0 saturated carbocycles. The van der Waals surface area contributed by atoms with Crippen molar-refractivity contribution in [2.24, 2.45) is 0 Å². The van der Waals surface area contributed by atoms with Crippen molar-refractivity contribution >= 4 is 11.4 Å². The van der Waals surface area contributed by atoms with Gasteiger partial charge in [-0.25, -0.2) is 0 Å². The number of aliphatic hydroxyl groups is 1. The van der Waals surface area contributed by atoms with Gasteiger partial charge in [0.25, 0.3) is 0 Å². The zero-order valence-corrected chi connectivity index (χ0v) is 12.8. The molecule has 7 heteroatoms. The summed E-state index contributed by atoms with van der Waals surface area (Å²) in [4.78, 5) is 0. The molecule has 0 aliphatic heterocycles. The molecule has 0 saturated heterocycles. The van der Waals surface area contributed by atoms with Crippen LogP contribution in [-0.4, -0.2) is 90.9 Å². The normalized spacial score (nSPS) is 10.1. The molecule has 0 radical (unpaired) electrons. The predicted octanol–water partition coefficient (Wildman–Crippen LogP) is -0.751. The maximum Gasteiger partial charge on any atom is 0.0675 e. The van der Waals surface area contributed by atoms with Crippen LogP contribution in [0.25, 0.3) is 0 Å². The second kappa shape index (κ2) is 13.0. The number of rotatable bonds is 0. The van der Waals surface area contributed by atoms with Gasteiger partial charge in [0.2, 0.25) is 0 Å². The molecular formula is C9H28N2O4S. The summed E-state index contributed by atoms with van der Waals surface area (Å²) in [6, 6.07) is 0. The molecule has 0 fully saturated rings. The first-order valence-corrected chi connectivity index (χ1v) is 5.52.